The zero-order chi connectivity index (χ0) is 14.6. The molecule has 2 N–H and O–H groups in total. The fourth-order valence-corrected chi connectivity index (χ4v) is 2.18. The fraction of sp³-hybridized carbons (Fsp3) is 0.364. The molecule has 1 rings (SSSR count). The molecule has 0 spiro atoms. The van der Waals surface area contributed by atoms with Crippen LogP contribution in [-0.2, 0) is 14.6 Å². The first kappa shape index (κ1) is 16.1. The third-order valence-corrected chi connectivity index (χ3v) is 4.84. The molecule has 0 aromatic heterocycles. The van der Waals surface area contributed by atoms with Crippen molar-refractivity contribution in [2.45, 2.75) is 6.92 Å². The minimum atomic E-state index is -3.17. The van der Waals surface area contributed by atoms with Crippen molar-refractivity contribution >= 4 is 44.7 Å². The Bertz CT molecular complexity index is 563. The van der Waals surface area contributed by atoms with Gasteiger partial charge >= 0.3 is 5.97 Å². The van der Waals surface area contributed by atoms with Crippen LogP contribution in [0, 0.1) is 0 Å². The van der Waals surface area contributed by atoms with Gasteiger partial charge in [0.25, 0.3) is 0 Å². The van der Waals surface area contributed by atoms with Crippen molar-refractivity contribution in [1.82, 2.24) is 0 Å². The van der Waals surface area contributed by atoms with Gasteiger partial charge in [-0.15, -0.1) is 0 Å². The first-order chi connectivity index (χ1) is 8.76. The molecule has 0 bridgehead atoms. The molecular weight excluding hydrogens is 313 g/mol. The number of nitrogens with two attached hydrogens (primary N) is 1. The van der Waals surface area contributed by atoms with Gasteiger partial charge in [0, 0.05) is 5.75 Å². The number of hydrogen-bond donors (Lipinski definition) is 1. The van der Waals surface area contributed by atoms with Crippen molar-refractivity contribution < 1.29 is 17.9 Å². The summed E-state index contributed by atoms with van der Waals surface area (Å²) in [6.07, 6.45) is 0. The van der Waals surface area contributed by atoms with E-state index in [1.807, 2.05) is 0 Å². The van der Waals surface area contributed by atoms with Crippen LogP contribution in [0.5, 0.6) is 0 Å². The second-order valence-corrected chi connectivity index (χ2v) is 6.99. The Balaban J connectivity index is 2.70. The summed E-state index contributed by atoms with van der Waals surface area (Å²) in [4.78, 5) is 11.7. The third kappa shape index (κ3) is 4.56. The number of sulfone groups is 1. The van der Waals surface area contributed by atoms with Crippen molar-refractivity contribution in [1.29, 1.82) is 0 Å². The third-order valence-electron chi connectivity index (χ3n) is 2.36. The number of carbonyl (C=O) groups is 1. The van der Waals surface area contributed by atoms with Crippen molar-refractivity contribution in [2.24, 2.45) is 0 Å². The number of anilines is 1. The first-order valence-electron chi connectivity index (χ1n) is 5.39. The van der Waals surface area contributed by atoms with Crippen LogP contribution in [0.2, 0.25) is 10.0 Å². The number of esters is 1. The van der Waals surface area contributed by atoms with Crippen LogP contribution < -0.4 is 5.73 Å². The highest BCUT2D eigenvalue weighted by Gasteiger charge is 2.14. The number of halogens is 2. The number of rotatable bonds is 5. The molecule has 8 heteroatoms. The van der Waals surface area contributed by atoms with Gasteiger partial charge in [0.1, 0.15) is 6.61 Å². The van der Waals surface area contributed by atoms with Gasteiger partial charge in [-0.05, 0) is 12.1 Å². The van der Waals surface area contributed by atoms with Gasteiger partial charge < -0.3 is 10.5 Å². The number of benzene rings is 1. The summed E-state index contributed by atoms with van der Waals surface area (Å²) >= 11 is 11.5. The summed E-state index contributed by atoms with van der Waals surface area (Å²) in [5.41, 5.74) is 5.84. The molecule has 0 unspecified atom stereocenters. The van der Waals surface area contributed by atoms with Crippen molar-refractivity contribution in [3.8, 4) is 0 Å². The van der Waals surface area contributed by atoms with E-state index >= 15 is 0 Å². The summed E-state index contributed by atoms with van der Waals surface area (Å²) in [6, 6.07) is 2.64. The maximum atomic E-state index is 11.7. The normalized spacial score (nSPS) is 11.3. The molecule has 5 nitrogen and oxygen atoms in total. The van der Waals surface area contributed by atoms with Crippen molar-refractivity contribution in [3.05, 3.63) is 27.7 Å². The summed E-state index contributed by atoms with van der Waals surface area (Å²) in [7, 11) is -3.17. The van der Waals surface area contributed by atoms with Crippen LogP contribution in [-0.4, -0.2) is 32.5 Å². The Hall–Kier alpha value is -0.980. The van der Waals surface area contributed by atoms with Crippen molar-refractivity contribution in [2.75, 3.05) is 23.8 Å². The molecule has 0 aliphatic rings. The summed E-state index contributed by atoms with van der Waals surface area (Å²) < 4.78 is 27.3. The Morgan fingerprint density at radius 1 is 1.37 bits per heavy atom. The predicted octanol–water partition coefficient (Wildman–Crippen LogP) is 2.17. The van der Waals surface area contributed by atoms with Crippen LogP contribution in [0.25, 0.3) is 0 Å². The molecule has 0 heterocycles. The minimum Gasteiger partial charge on any atom is -0.461 e. The Kier molecular flexibility index (Phi) is 5.46. The topological polar surface area (TPSA) is 86.5 Å². The van der Waals surface area contributed by atoms with Gasteiger partial charge in [0.15, 0.2) is 9.84 Å². The highest BCUT2D eigenvalue weighted by Crippen LogP contribution is 2.29. The van der Waals surface area contributed by atoms with E-state index in [4.69, 9.17) is 33.7 Å². The maximum Gasteiger partial charge on any atom is 0.338 e. The lowest BCUT2D eigenvalue weighted by Gasteiger charge is -2.07. The van der Waals surface area contributed by atoms with E-state index < -0.39 is 15.8 Å². The smallest absolute Gasteiger partial charge is 0.338 e. The molecule has 0 aliphatic heterocycles. The number of ether oxygens (including phenoxy) is 1. The van der Waals surface area contributed by atoms with Crippen LogP contribution in [0.15, 0.2) is 12.1 Å². The van der Waals surface area contributed by atoms with E-state index in [2.05, 4.69) is 0 Å². The maximum absolute atomic E-state index is 11.7. The lowest BCUT2D eigenvalue weighted by atomic mass is 10.2. The van der Waals surface area contributed by atoms with Gasteiger partial charge in [-0.1, -0.05) is 30.1 Å². The molecule has 0 radical (unpaired) electrons. The Morgan fingerprint density at radius 2 is 2.00 bits per heavy atom. The molecule has 0 amide bonds. The molecule has 0 saturated heterocycles. The van der Waals surface area contributed by atoms with Gasteiger partial charge in [-0.2, -0.15) is 0 Å². The van der Waals surface area contributed by atoms with Crippen LogP contribution in [0.3, 0.4) is 0 Å². The molecule has 0 atom stereocenters. The SMILES string of the molecule is CCS(=O)(=O)CCOC(=O)c1cc(N)c(Cl)c(Cl)c1. The van der Waals surface area contributed by atoms with E-state index in [-0.39, 0.29) is 39.4 Å². The molecule has 0 saturated carbocycles. The zero-order valence-electron chi connectivity index (χ0n) is 10.2. The largest absolute Gasteiger partial charge is 0.461 e. The molecular formula is C11H13Cl2NO4S. The Morgan fingerprint density at radius 3 is 2.53 bits per heavy atom. The van der Waals surface area contributed by atoms with Gasteiger partial charge in [0.05, 0.1) is 27.0 Å². The second kappa shape index (κ2) is 6.45. The van der Waals surface area contributed by atoms with Gasteiger partial charge in [-0.3, -0.25) is 0 Å². The standard InChI is InChI=1S/C11H13Cl2NO4S/c1-2-19(16,17)4-3-18-11(15)7-5-8(12)10(13)9(14)6-7/h5-6H,2-4,14H2,1H3. The molecule has 1 aromatic carbocycles. The van der Waals surface area contributed by atoms with Crippen molar-refractivity contribution in [3.63, 3.8) is 0 Å². The first-order valence-corrected chi connectivity index (χ1v) is 7.96. The Labute approximate surface area is 121 Å². The highest BCUT2D eigenvalue weighted by atomic mass is 35.5. The number of hydrogen-bond acceptors (Lipinski definition) is 5. The minimum absolute atomic E-state index is 0.00424. The van der Waals surface area contributed by atoms with Gasteiger partial charge in [0.2, 0.25) is 0 Å². The van der Waals surface area contributed by atoms with Crippen LogP contribution in [0.4, 0.5) is 5.69 Å². The van der Waals surface area contributed by atoms with Crippen LogP contribution >= 0.6 is 23.2 Å². The number of carbonyl (C=O) groups excluding carboxylic acids is 1. The molecule has 1 aromatic rings. The monoisotopic (exact) mass is 325 g/mol. The molecule has 0 aliphatic carbocycles. The fourth-order valence-electron chi connectivity index (χ4n) is 1.22. The average Bonchev–Trinajstić information content (AvgIpc) is 2.35. The van der Waals surface area contributed by atoms with E-state index in [1.165, 1.54) is 19.1 Å². The quantitative estimate of drug-likeness (QED) is 0.662. The molecule has 0 fully saturated rings. The summed E-state index contributed by atoms with van der Waals surface area (Å²) in [6.45, 7) is 1.31. The summed E-state index contributed by atoms with van der Waals surface area (Å²) in [5.74, 6) is -0.910. The zero-order valence-corrected chi connectivity index (χ0v) is 12.5. The summed E-state index contributed by atoms with van der Waals surface area (Å²) in [5, 5.41) is 0.293. The lowest BCUT2D eigenvalue weighted by Crippen LogP contribution is -2.17. The van der Waals surface area contributed by atoms with Crippen LogP contribution in [0.1, 0.15) is 17.3 Å². The second-order valence-electron chi connectivity index (χ2n) is 3.73. The predicted molar refractivity (Wildman–Crippen MR) is 75.5 cm³/mol. The van der Waals surface area contributed by atoms with E-state index in [0.29, 0.717) is 0 Å². The van der Waals surface area contributed by atoms with Gasteiger partial charge in [-0.25, -0.2) is 13.2 Å². The van der Waals surface area contributed by atoms with E-state index in [0.717, 1.165) is 0 Å². The van der Waals surface area contributed by atoms with E-state index in [1.54, 1.807) is 0 Å². The number of nitrogen functional groups attached to an aromatic ring is 1. The molecule has 106 valence electrons. The van der Waals surface area contributed by atoms with E-state index in [9.17, 15) is 13.2 Å². The molecule has 19 heavy (non-hydrogen) atoms. The highest BCUT2D eigenvalue weighted by molar-refractivity contribution is 7.91. The average molecular weight is 326 g/mol. The lowest BCUT2D eigenvalue weighted by molar-refractivity contribution is 0.0529.